The molecule has 22 heavy (non-hydrogen) atoms. The average Bonchev–Trinajstić information content (AvgIpc) is 2.76. The Kier molecular flexibility index (Phi) is 4.84. The predicted octanol–water partition coefficient (Wildman–Crippen LogP) is 2.24. The molecule has 10 heteroatoms. The number of hydrogen-bond acceptors (Lipinski definition) is 7. The summed E-state index contributed by atoms with van der Waals surface area (Å²) in [6.45, 7) is 3.51. The summed E-state index contributed by atoms with van der Waals surface area (Å²) in [5.41, 5.74) is -0.153. The van der Waals surface area contributed by atoms with Crippen molar-refractivity contribution in [2.45, 2.75) is 25.7 Å². The number of rotatable bonds is 6. The van der Waals surface area contributed by atoms with Gasteiger partial charge in [0.2, 0.25) is 0 Å². The standard InChI is InChI=1S/C12H16NO8P/c1-12(2)18-7-11(20-12)8-19-22(16,17)21-10-5-3-9(4-6-10)13(14)15/h3-6,11H,7-8H2,1-2H3,(H,16,17). The van der Waals surface area contributed by atoms with Crippen LogP contribution in [0.25, 0.3) is 0 Å². The van der Waals surface area contributed by atoms with Crippen LogP contribution in [0.5, 0.6) is 5.75 Å². The van der Waals surface area contributed by atoms with Gasteiger partial charge >= 0.3 is 7.82 Å². The Morgan fingerprint density at radius 3 is 2.59 bits per heavy atom. The molecule has 1 N–H and O–H groups in total. The molecule has 1 fully saturated rings. The normalized spacial score (nSPS) is 23.0. The van der Waals surface area contributed by atoms with Gasteiger partial charge in [0, 0.05) is 12.1 Å². The molecule has 0 bridgehead atoms. The van der Waals surface area contributed by atoms with Crippen LogP contribution in [0, 0.1) is 10.1 Å². The average molecular weight is 333 g/mol. The van der Waals surface area contributed by atoms with Gasteiger partial charge in [-0.2, -0.15) is 0 Å². The molecule has 0 spiro atoms. The molecule has 0 radical (unpaired) electrons. The van der Waals surface area contributed by atoms with Gasteiger partial charge in [-0.25, -0.2) is 4.57 Å². The van der Waals surface area contributed by atoms with Gasteiger partial charge in [-0.05, 0) is 26.0 Å². The Balaban J connectivity index is 1.88. The first kappa shape index (κ1) is 16.9. The molecule has 9 nitrogen and oxygen atoms in total. The van der Waals surface area contributed by atoms with E-state index in [1.54, 1.807) is 13.8 Å². The van der Waals surface area contributed by atoms with Crippen LogP contribution in [0.3, 0.4) is 0 Å². The second-order valence-electron chi connectivity index (χ2n) is 5.06. The minimum Gasteiger partial charge on any atom is -0.404 e. The molecule has 2 rings (SSSR count). The number of benzene rings is 1. The smallest absolute Gasteiger partial charge is 0.404 e. The highest BCUT2D eigenvalue weighted by molar-refractivity contribution is 7.47. The largest absolute Gasteiger partial charge is 0.527 e. The van der Waals surface area contributed by atoms with Crippen molar-refractivity contribution < 1.29 is 32.9 Å². The van der Waals surface area contributed by atoms with E-state index in [0.717, 1.165) is 12.1 Å². The summed E-state index contributed by atoms with van der Waals surface area (Å²) in [5.74, 6) is -0.771. The molecule has 0 aliphatic carbocycles. The van der Waals surface area contributed by atoms with Crippen LogP contribution in [-0.4, -0.2) is 34.9 Å². The van der Waals surface area contributed by atoms with Crippen molar-refractivity contribution in [1.82, 2.24) is 0 Å². The van der Waals surface area contributed by atoms with E-state index < -0.39 is 24.6 Å². The Morgan fingerprint density at radius 1 is 1.45 bits per heavy atom. The maximum atomic E-state index is 11.8. The number of phosphoric acid groups is 1. The lowest BCUT2D eigenvalue weighted by molar-refractivity contribution is -0.384. The van der Waals surface area contributed by atoms with Crippen LogP contribution in [0.15, 0.2) is 24.3 Å². The molecule has 1 aromatic rings. The molecule has 0 saturated carbocycles. The van der Waals surface area contributed by atoms with E-state index in [4.69, 9.17) is 18.5 Å². The minimum absolute atomic E-state index is 0.0136. The topological polar surface area (TPSA) is 117 Å². The van der Waals surface area contributed by atoms with Crippen LogP contribution in [0.2, 0.25) is 0 Å². The third-order valence-electron chi connectivity index (χ3n) is 2.76. The third kappa shape index (κ3) is 4.75. The fraction of sp³-hybridized carbons (Fsp3) is 0.500. The first-order valence-electron chi connectivity index (χ1n) is 6.40. The van der Waals surface area contributed by atoms with Crippen molar-refractivity contribution in [3.63, 3.8) is 0 Å². The SMILES string of the molecule is CC1(C)OCC(COP(=O)(O)Oc2ccc([N+](=O)[O-])cc2)O1. The van der Waals surface area contributed by atoms with E-state index >= 15 is 0 Å². The van der Waals surface area contributed by atoms with E-state index in [1.165, 1.54) is 12.1 Å². The van der Waals surface area contributed by atoms with Gasteiger partial charge in [0.05, 0.1) is 18.1 Å². The summed E-state index contributed by atoms with van der Waals surface area (Å²) in [4.78, 5) is 19.5. The van der Waals surface area contributed by atoms with Crippen LogP contribution in [-0.2, 0) is 18.6 Å². The van der Waals surface area contributed by atoms with Crippen LogP contribution in [0.1, 0.15) is 13.8 Å². The number of nitrogens with zero attached hydrogens (tertiary/aromatic N) is 1. The molecular formula is C12H16NO8P. The van der Waals surface area contributed by atoms with E-state index in [1.807, 2.05) is 0 Å². The molecule has 1 aromatic carbocycles. The first-order valence-corrected chi connectivity index (χ1v) is 7.90. The maximum absolute atomic E-state index is 11.8. The molecule has 2 atom stereocenters. The Labute approximate surface area is 126 Å². The Bertz CT molecular complexity index is 587. The molecule has 2 unspecified atom stereocenters. The predicted molar refractivity (Wildman–Crippen MR) is 74.4 cm³/mol. The van der Waals surface area contributed by atoms with E-state index in [2.05, 4.69) is 0 Å². The highest BCUT2D eigenvalue weighted by atomic mass is 31.2. The number of hydrogen-bond donors (Lipinski definition) is 1. The quantitative estimate of drug-likeness (QED) is 0.478. The maximum Gasteiger partial charge on any atom is 0.527 e. The number of nitro groups is 1. The van der Waals surface area contributed by atoms with Crippen molar-refractivity contribution in [3.8, 4) is 5.75 Å². The van der Waals surface area contributed by atoms with Crippen LogP contribution >= 0.6 is 7.82 Å². The van der Waals surface area contributed by atoms with Gasteiger partial charge in [-0.3, -0.25) is 19.5 Å². The highest BCUT2D eigenvalue weighted by Gasteiger charge is 2.35. The van der Waals surface area contributed by atoms with Crippen LogP contribution in [0.4, 0.5) is 5.69 Å². The summed E-state index contributed by atoms with van der Waals surface area (Å²) >= 11 is 0. The minimum atomic E-state index is -4.35. The zero-order chi connectivity index (χ0) is 16.4. The Morgan fingerprint density at radius 2 is 2.09 bits per heavy atom. The zero-order valence-electron chi connectivity index (χ0n) is 12.0. The van der Waals surface area contributed by atoms with Crippen molar-refractivity contribution in [1.29, 1.82) is 0 Å². The van der Waals surface area contributed by atoms with Gasteiger partial charge < -0.3 is 14.0 Å². The van der Waals surface area contributed by atoms with E-state index in [9.17, 15) is 19.6 Å². The molecule has 0 aromatic heterocycles. The first-order chi connectivity index (χ1) is 10.2. The molecular weight excluding hydrogens is 317 g/mol. The summed E-state index contributed by atoms with van der Waals surface area (Å²) in [6, 6.07) is 4.74. The molecule has 0 amide bonds. The van der Waals surface area contributed by atoms with Crippen LogP contribution < -0.4 is 4.52 Å². The van der Waals surface area contributed by atoms with Crippen molar-refractivity contribution in [3.05, 3.63) is 34.4 Å². The summed E-state index contributed by atoms with van der Waals surface area (Å²) in [5, 5.41) is 10.5. The Hall–Kier alpha value is -1.51. The summed E-state index contributed by atoms with van der Waals surface area (Å²) < 4.78 is 32.2. The molecule has 122 valence electrons. The van der Waals surface area contributed by atoms with Crippen molar-refractivity contribution in [2.24, 2.45) is 0 Å². The van der Waals surface area contributed by atoms with E-state index in [0.29, 0.717) is 0 Å². The number of nitro benzene ring substituents is 1. The fourth-order valence-corrected chi connectivity index (χ4v) is 2.61. The van der Waals surface area contributed by atoms with Gasteiger partial charge in [0.25, 0.3) is 5.69 Å². The molecule has 1 heterocycles. The highest BCUT2D eigenvalue weighted by Crippen LogP contribution is 2.44. The van der Waals surface area contributed by atoms with Crippen molar-refractivity contribution in [2.75, 3.05) is 13.2 Å². The monoisotopic (exact) mass is 333 g/mol. The van der Waals surface area contributed by atoms with Gasteiger partial charge in [-0.1, -0.05) is 0 Å². The molecule has 1 saturated heterocycles. The third-order valence-corrected chi connectivity index (χ3v) is 3.68. The van der Waals surface area contributed by atoms with Gasteiger partial charge in [0.15, 0.2) is 5.79 Å². The lowest BCUT2D eigenvalue weighted by Gasteiger charge is -2.18. The lowest BCUT2D eigenvalue weighted by atomic mass is 10.3. The number of non-ortho nitro benzene ring substituents is 1. The molecule has 1 aliphatic heterocycles. The zero-order valence-corrected chi connectivity index (χ0v) is 12.9. The van der Waals surface area contributed by atoms with Gasteiger partial charge in [0.1, 0.15) is 11.9 Å². The fourth-order valence-electron chi connectivity index (χ4n) is 1.81. The second-order valence-corrected chi connectivity index (χ2v) is 6.44. The van der Waals surface area contributed by atoms with Crippen molar-refractivity contribution >= 4 is 13.5 Å². The molecule has 1 aliphatic rings. The van der Waals surface area contributed by atoms with Gasteiger partial charge in [-0.15, -0.1) is 0 Å². The number of phosphoric ester groups is 1. The lowest BCUT2D eigenvalue weighted by Crippen LogP contribution is -2.24. The summed E-state index contributed by atoms with van der Waals surface area (Å²) in [7, 11) is -4.35. The number of ether oxygens (including phenoxy) is 2. The second kappa shape index (κ2) is 6.31. The summed E-state index contributed by atoms with van der Waals surface area (Å²) in [6.07, 6.45) is -0.476. The van der Waals surface area contributed by atoms with E-state index in [-0.39, 0.29) is 24.7 Å².